The van der Waals surface area contributed by atoms with Gasteiger partial charge in [0.15, 0.2) is 5.13 Å². The SMILES string of the molecule is O=S(=O)(Nc1nccs1)c1ccc(OC2CCN(Cc3ccc(C(F)(F)F)cc3)CC2)cc1. The molecule has 11 heteroatoms. The molecule has 3 aromatic rings. The van der Waals surface area contributed by atoms with Crippen LogP contribution in [0.3, 0.4) is 0 Å². The second-order valence-corrected chi connectivity index (χ2v) is 10.3. The van der Waals surface area contributed by atoms with E-state index in [9.17, 15) is 21.6 Å². The molecule has 1 saturated heterocycles. The number of thiazole rings is 1. The fraction of sp³-hybridized carbons (Fsp3) is 0.318. The van der Waals surface area contributed by atoms with Crippen molar-refractivity contribution in [2.45, 2.75) is 36.6 Å². The van der Waals surface area contributed by atoms with Crippen LogP contribution in [0, 0.1) is 0 Å². The summed E-state index contributed by atoms with van der Waals surface area (Å²) in [6.07, 6.45) is -1.27. The Bertz CT molecular complexity index is 1140. The van der Waals surface area contributed by atoms with Gasteiger partial charge in [-0.1, -0.05) is 12.1 Å². The Labute approximate surface area is 194 Å². The average molecular weight is 498 g/mol. The van der Waals surface area contributed by atoms with Crippen molar-refractivity contribution in [3.63, 3.8) is 0 Å². The van der Waals surface area contributed by atoms with E-state index in [1.54, 1.807) is 17.5 Å². The van der Waals surface area contributed by atoms with Crippen LogP contribution in [0.2, 0.25) is 0 Å². The third-order valence-electron chi connectivity index (χ3n) is 5.31. The molecule has 2 heterocycles. The van der Waals surface area contributed by atoms with E-state index in [0.717, 1.165) is 43.6 Å². The van der Waals surface area contributed by atoms with Gasteiger partial charge in [0.2, 0.25) is 0 Å². The zero-order valence-electron chi connectivity index (χ0n) is 17.5. The number of benzene rings is 2. The normalized spacial score (nSPS) is 16.0. The molecule has 4 rings (SSSR count). The van der Waals surface area contributed by atoms with Crippen molar-refractivity contribution >= 4 is 26.5 Å². The number of alkyl halides is 3. The van der Waals surface area contributed by atoms with E-state index in [-0.39, 0.29) is 11.0 Å². The number of halogens is 3. The molecule has 6 nitrogen and oxygen atoms in total. The quantitative estimate of drug-likeness (QED) is 0.497. The molecule has 1 aliphatic heterocycles. The van der Waals surface area contributed by atoms with Crippen molar-refractivity contribution in [3.8, 4) is 5.75 Å². The van der Waals surface area contributed by atoms with Gasteiger partial charge >= 0.3 is 6.18 Å². The van der Waals surface area contributed by atoms with Crippen molar-refractivity contribution in [1.29, 1.82) is 0 Å². The molecule has 33 heavy (non-hydrogen) atoms. The minimum Gasteiger partial charge on any atom is -0.490 e. The number of sulfonamides is 1. The van der Waals surface area contributed by atoms with Crippen LogP contribution in [0.5, 0.6) is 5.75 Å². The molecule has 1 aliphatic rings. The van der Waals surface area contributed by atoms with Crippen LogP contribution in [-0.4, -0.2) is 37.5 Å². The van der Waals surface area contributed by atoms with Gasteiger partial charge in [0.25, 0.3) is 10.0 Å². The van der Waals surface area contributed by atoms with Gasteiger partial charge in [-0.2, -0.15) is 13.2 Å². The highest BCUT2D eigenvalue weighted by Crippen LogP contribution is 2.29. The molecular weight excluding hydrogens is 475 g/mol. The molecular formula is C22H22F3N3O3S2. The van der Waals surface area contributed by atoms with Gasteiger partial charge in [-0.05, 0) is 54.8 Å². The summed E-state index contributed by atoms with van der Waals surface area (Å²) in [6.45, 7) is 2.11. The van der Waals surface area contributed by atoms with Crippen molar-refractivity contribution < 1.29 is 26.3 Å². The first-order valence-electron chi connectivity index (χ1n) is 10.3. The molecule has 1 aromatic heterocycles. The molecule has 0 bridgehead atoms. The Balaban J connectivity index is 1.27. The molecule has 0 amide bonds. The van der Waals surface area contributed by atoms with Gasteiger partial charge in [0, 0.05) is 31.2 Å². The van der Waals surface area contributed by atoms with Gasteiger partial charge in [-0.3, -0.25) is 9.62 Å². The molecule has 0 radical (unpaired) electrons. The number of rotatable bonds is 7. The maximum Gasteiger partial charge on any atom is 0.416 e. The number of hydrogen-bond acceptors (Lipinski definition) is 6. The van der Waals surface area contributed by atoms with E-state index in [2.05, 4.69) is 14.6 Å². The summed E-state index contributed by atoms with van der Waals surface area (Å²) in [5.41, 5.74) is 0.196. The lowest BCUT2D eigenvalue weighted by Gasteiger charge is -2.32. The molecule has 0 atom stereocenters. The van der Waals surface area contributed by atoms with Crippen molar-refractivity contribution in [3.05, 3.63) is 71.2 Å². The Hall–Kier alpha value is -2.63. The number of likely N-dealkylation sites (tertiary alicyclic amines) is 1. The Morgan fingerprint density at radius 2 is 1.73 bits per heavy atom. The number of hydrogen-bond donors (Lipinski definition) is 1. The lowest BCUT2D eigenvalue weighted by Crippen LogP contribution is -2.37. The third kappa shape index (κ3) is 6.24. The van der Waals surface area contributed by atoms with Gasteiger partial charge in [-0.25, -0.2) is 13.4 Å². The summed E-state index contributed by atoms with van der Waals surface area (Å²) in [7, 11) is -3.71. The minimum absolute atomic E-state index is 0.00948. The minimum atomic E-state index is -4.33. The van der Waals surface area contributed by atoms with Gasteiger partial charge < -0.3 is 4.74 Å². The predicted octanol–water partition coefficient (Wildman–Crippen LogP) is 5.01. The Morgan fingerprint density at radius 3 is 2.30 bits per heavy atom. The maximum absolute atomic E-state index is 12.7. The Morgan fingerprint density at radius 1 is 1.06 bits per heavy atom. The summed E-state index contributed by atoms with van der Waals surface area (Å²) < 4.78 is 71.3. The van der Waals surface area contributed by atoms with Crippen LogP contribution in [0.4, 0.5) is 18.3 Å². The summed E-state index contributed by atoms with van der Waals surface area (Å²) >= 11 is 1.20. The zero-order valence-corrected chi connectivity index (χ0v) is 19.1. The first kappa shape index (κ1) is 23.5. The largest absolute Gasteiger partial charge is 0.490 e. The van der Waals surface area contributed by atoms with Crippen LogP contribution >= 0.6 is 11.3 Å². The van der Waals surface area contributed by atoms with E-state index in [0.29, 0.717) is 17.4 Å². The monoisotopic (exact) mass is 497 g/mol. The zero-order chi connectivity index (χ0) is 23.5. The van der Waals surface area contributed by atoms with Crippen LogP contribution in [0.15, 0.2) is 65.0 Å². The van der Waals surface area contributed by atoms with E-state index in [1.807, 2.05) is 0 Å². The Kier molecular flexibility index (Phi) is 6.91. The molecule has 0 aliphatic carbocycles. The van der Waals surface area contributed by atoms with Gasteiger partial charge in [-0.15, -0.1) is 11.3 Å². The molecule has 0 saturated carbocycles. The fourth-order valence-corrected chi connectivity index (χ4v) is 5.37. The third-order valence-corrected chi connectivity index (χ3v) is 7.49. The molecule has 0 spiro atoms. The van der Waals surface area contributed by atoms with Crippen molar-refractivity contribution in [1.82, 2.24) is 9.88 Å². The van der Waals surface area contributed by atoms with Crippen molar-refractivity contribution in [2.24, 2.45) is 0 Å². The van der Waals surface area contributed by atoms with E-state index in [1.165, 1.54) is 41.8 Å². The van der Waals surface area contributed by atoms with Crippen molar-refractivity contribution in [2.75, 3.05) is 17.8 Å². The van der Waals surface area contributed by atoms with E-state index >= 15 is 0 Å². The first-order valence-corrected chi connectivity index (χ1v) is 12.6. The summed E-state index contributed by atoms with van der Waals surface area (Å²) in [5, 5.41) is 1.99. The summed E-state index contributed by atoms with van der Waals surface area (Å²) in [4.78, 5) is 6.23. The number of nitrogens with zero attached hydrogens (tertiary/aromatic N) is 2. The standard InChI is InChI=1S/C22H22F3N3O3S2/c23-22(24,25)17-3-1-16(2-4-17)15-28-12-9-19(10-13-28)31-18-5-7-20(8-6-18)33(29,30)27-21-26-11-14-32-21/h1-8,11,14,19H,9-10,12-13,15H2,(H,26,27). The molecule has 2 aromatic carbocycles. The highest BCUT2D eigenvalue weighted by Gasteiger charge is 2.30. The van der Waals surface area contributed by atoms with Gasteiger partial charge in [0.05, 0.1) is 10.5 Å². The number of piperidine rings is 1. The second kappa shape index (κ2) is 9.70. The lowest BCUT2D eigenvalue weighted by atomic mass is 10.1. The number of aromatic nitrogens is 1. The summed E-state index contributed by atoms with van der Waals surface area (Å²) in [5.74, 6) is 0.587. The van der Waals surface area contributed by atoms with Crippen LogP contribution in [-0.2, 0) is 22.7 Å². The van der Waals surface area contributed by atoms with Crippen LogP contribution in [0.25, 0.3) is 0 Å². The van der Waals surface area contributed by atoms with Crippen LogP contribution in [0.1, 0.15) is 24.0 Å². The smallest absolute Gasteiger partial charge is 0.416 e. The number of ether oxygens (including phenoxy) is 1. The van der Waals surface area contributed by atoms with E-state index < -0.39 is 21.8 Å². The topological polar surface area (TPSA) is 71.5 Å². The molecule has 176 valence electrons. The predicted molar refractivity (Wildman–Crippen MR) is 120 cm³/mol. The average Bonchev–Trinajstić information content (AvgIpc) is 3.28. The molecule has 1 fully saturated rings. The molecule has 0 unspecified atom stereocenters. The van der Waals surface area contributed by atoms with Gasteiger partial charge in [0.1, 0.15) is 11.9 Å². The first-order chi connectivity index (χ1) is 15.7. The fourth-order valence-electron chi connectivity index (χ4n) is 3.58. The second-order valence-electron chi connectivity index (χ2n) is 7.70. The van der Waals surface area contributed by atoms with Crippen LogP contribution < -0.4 is 9.46 Å². The lowest BCUT2D eigenvalue weighted by molar-refractivity contribution is -0.137. The van der Waals surface area contributed by atoms with E-state index in [4.69, 9.17) is 4.74 Å². The highest BCUT2D eigenvalue weighted by atomic mass is 32.2. The highest BCUT2D eigenvalue weighted by molar-refractivity contribution is 7.93. The maximum atomic E-state index is 12.7. The number of nitrogens with one attached hydrogen (secondary N) is 1. The molecule has 1 N–H and O–H groups in total. The summed E-state index contributed by atoms with van der Waals surface area (Å²) in [6, 6.07) is 11.5. The number of anilines is 1.